The van der Waals surface area contributed by atoms with Gasteiger partial charge in [0.05, 0.1) is 0 Å². The molecule has 0 aromatic rings. The van der Waals surface area contributed by atoms with E-state index in [9.17, 15) is 0 Å². The Bertz CT molecular complexity index is 218. The third kappa shape index (κ3) is 1.15. The minimum Gasteiger partial charge on any atom is -0.0807 e. The van der Waals surface area contributed by atoms with Crippen LogP contribution in [0.3, 0.4) is 0 Å². The summed E-state index contributed by atoms with van der Waals surface area (Å²) in [5, 5.41) is 0. The van der Waals surface area contributed by atoms with Crippen LogP contribution in [0.5, 0.6) is 0 Å². The van der Waals surface area contributed by atoms with E-state index in [1.165, 1.54) is 38.5 Å². The van der Waals surface area contributed by atoms with E-state index >= 15 is 0 Å². The Morgan fingerprint density at radius 2 is 2.18 bits per heavy atom. The van der Waals surface area contributed by atoms with Gasteiger partial charge in [0.25, 0.3) is 0 Å². The van der Waals surface area contributed by atoms with Crippen LogP contribution in [-0.2, 0) is 0 Å². The first-order chi connectivity index (χ1) is 5.42. The summed E-state index contributed by atoms with van der Waals surface area (Å²) in [6.07, 6.45) is 10.5. The van der Waals surface area contributed by atoms with E-state index in [-0.39, 0.29) is 0 Å². The van der Waals surface area contributed by atoms with Crippen LogP contribution in [0.15, 0.2) is 22.8 Å². The van der Waals surface area contributed by atoms with Gasteiger partial charge in [-0.05, 0) is 49.7 Å². The van der Waals surface area contributed by atoms with Crippen LogP contribution in [0.25, 0.3) is 0 Å². The van der Waals surface area contributed by atoms with Gasteiger partial charge in [-0.1, -0.05) is 18.6 Å². The van der Waals surface area contributed by atoms with Crippen LogP contribution in [0.1, 0.15) is 45.4 Å². The van der Waals surface area contributed by atoms with Gasteiger partial charge >= 0.3 is 0 Å². The van der Waals surface area contributed by atoms with Crippen LogP contribution in [0.2, 0.25) is 0 Å². The monoisotopic (exact) mass is 148 g/mol. The molecule has 0 radical (unpaired) electrons. The zero-order chi connectivity index (χ0) is 7.68. The highest BCUT2D eigenvalue weighted by atomic mass is 14.2. The number of hydrogen-bond acceptors (Lipinski definition) is 0. The topological polar surface area (TPSA) is 0 Å². The molecule has 0 fully saturated rings. The van der Waals surface area contributed by atoms with Gasteiger partial charge in [-0.15, -0.1) is 0 Å². The van der Waals surface area contributed by atoms with E-state index < -0.39 is 0 Å². The van der Waals surface area contributed by atoms with E-state index in [2.05, 4.69) is 13.0 Å². The van der Waals surface area contributed by atoms with Gasteiger partial charge in [0.15, 0.2) is 0 Å². The molecule has 0 atom stereocenters. The minimum atomic E-state index is 1.25. The maximum absolute atomic E-state index is 2.45. The molecule has 0 aromatic heterocycles. The van der Waals surface area contributed by atoms with Crippen LogP contribution in [0, 0.1) is 0 Å². The molecule has 11 heavy (non-hydrogen) atoms. The average Bonchev–Trinajstić information content (AvgIpc) is 2.50. The molecule has 0 nitrogen and oxygen atoms in total. The number of allylic oxidation sites excluding steroid dienone is 4. The van der Waals surface area contributed by atoms with Crippen molar-refractivity contribution in [1.82, 2.24) is 0 Å². The zero-order valence-electron chi connectivity index (χ0n) is 7.32. The summed E-state index contributed by atoms with van der Waals surface area (Å²) in [6, 6.07) is 0. The zero-order valence-corrected chi connectivity index (χ0v) is 7.32. The van der Waals surface area contributed by atoms with Gasteiger partial charge in [0.1, 0.15) is 0 Å². The Balaban J connectivity index is 2.27. The van der Waals surface area contributed by atoms with Crippen molar-refractivity contribution in [2.24, 2.45) is 0 Å². The molecule has 2 rings (SSSR count). The molecule has 0 spiro atoms. The largest absolute Gasteiger partial charge is 0.0807 e. The molecule has 0 saturated heterocycles. The molecule has 60 valence electrons. The average molecular weight is 148 g/mol. The summed E-state index contributed by atoms with van der Waals surface area (Å²) in [5.74, 6) is 0. The number of rotatable bonds is 1. The van der Waals surface area contributed by atoms with Crippen molar-refractivity contribution < 1.29 is 0 Å². The second kappa shape index (κ2) is 2.84. The van der Waals surface area contributed by atoms with Gasteiger partial charge < -0.3 is 0 Å². The molecule has 0 amide bonds. The first kappa shape index (κ1) is 7.15. The van der Waals surface area contributed by atoms with Crippen molar-refractivity contribution >= 4 is 0 Å². The van der Waals surface area contributed by atoms with Crippen molar-refractivity contribution in [3.05, 3.63) is 22.8 Å². The summed E-state index contributed by atoms with van der Waals surface area (Å²) < 4.78 is 0. The van der Waals surface area contributed by atoms with Gasteiger partial charge in [-0.25, -0.2) is 0 Å². The molecule has 0 unspecified atom stereocenters. The smallest absolute Gasteiger partial charge is 0.0274 e. The number of hydrogen-bond donors (Lipinski definition) is 0. The van der Waals surface area contributed by atoms with Crippen molar-refractivity contribution in [2.45, 2.75) is 45.4 Å². The van der Waals surface area contributed by atoms with E-state index in [1.807, 2.05) is 0 Å². The molecule has 0 aromatic carbocycles. The van der Waals surface area contributed by atoms with E-state index in [4.69, 9.17) is 0 Å². The van der Waals surface area contributed by atoms with Crippen LogP contribution < -0.4 is 0 Å². The standard InChI is InChI=1S/C11H16/c1-2-9-5-3-6-10-7-4-8-11(9)10/h5H,2-4,6-8H2,1H3. The maximum atomic E-state index is 2.45. The van der Waals surface area contributed by atoms with Crippen LogP contribution in [0.4, 0.5) is 0 Å². The maximum Gasteiger partial charge on any atom is -0.0274 e. The fourth-order valence-corrected chi connectivity index (χ4v) is 2.37. The first-order valence-electron chi connectivity index (χ1n) is 4.82. The van der Waals surface area contributed by atoms with Gasteiger partial charge in [0.2, 0.25) is 0 Å². The lowest BCUT2D eigenvalue weighted by molar-refractivity contribution is 0.856. The third-order valence-corrected chi connectivity index (χ3v) is 2.94. The quantitative estimate of drug-likeness (QED) is 0.533. The lowest BCUT2D eigenvalue weighted by Crippen LogP contribution is -1.95. The van der Waals surface area contributed by atoms with Crippen LogP contribution in [-0.4, -0.2) is 0 Å². The Morgan fingerprint density at radius 3 is 3.00 bits per heavy atom. The van der Waals surface area contributed by atoms with Crippen molar-refractivity contribution in [2.75, 3.05) is 0 Å². The normalized spacial score (nSPS) is 23.5. The van der Waals surface area contributed by atoms with E-state index in [0.29, 0.717) is 0 Å². The molecular formula is C11H16. The van der Waals surface area contributed by atoms with Gasteiger partial charge in [-0.2, -0.15) is 0 Å². The highest BCUT2D eigenvalue weighted by molar-refractivity contribution is 5.40. The molecular weight excluding hydrogens is 132 g/mol. The Kier molecular flexibility index (Phi) is 1.85. The predicted molar refractivity (Wildman–Crippen MR) is 48.5 cm³/mol. The van der Waals surface area contributed by atoms with E-state index in [0.717, 1.165) is 0 Å². The summed E-state index contributed by atoms with van der Waals surface area (Å²) in [4.78, 5) is 0. The first-order valence-corrected chi connectivity index (χ1v) is 4.82. The molecule has 0 bridgehead atoms. The fourth-order valence-electron chi connectivity index (χ4n) is 2.37. The molecule has 2 aliphatic carbocycles. The molecule has 2 aliphatic rings. The minimum absolute atomic E-state index is 1.25. The highest BCUT2D eigenvalue weighted by Gasteiger charge is 2.18. The molecule has 0 heteroatoms. The van der Waals surface area contributed by atoms with Gasteiger partial charge in [-0.3, -0.25) is 0 Å². The fraction of sp³-hybridized carbons (Fsp3) is 0.636. The van der Waals surface area contributed by atoms with Crippen molar-refractivity contribution in [3.63, 3.8) is 0 Å². The van der Waals surface area contributed by atoms with Crippen LogP contribution >= 0.6 is 0 Å². The Labute approximate surface area is 69.0 Å². The molecule has 0 N–H and O–H groups in total. The van der Waals surface area contributed by atoms with E-state index in [1.54, 1.807) is 16.7 Å². The molecule has 0 aliphatic heterocycles. The molecule has 0 heterocycles. The van der Waals surface area contributed by atoms with Crippen molar-refractivity contribution in [3.8, 4) is 0 Å². The summed E-state index contributed by atoms with van der Waals surface area (Å²) in [7, 11) is 0. The Hall–Kier alpha value is -0.520. The van der Waals surface area contributed by atoms with Gasteiger partial charge in [0, 0.05) is 0 Å². The third-order valence-electron chi connectivity index (χ3n) is 2.94. The molecule has 0 saturated carbocycles. The Morgan fingerprint density at radius 1 is 1.27 bits per heavy atom. The summed E-state index contributed by atoms with van der Waals surface area (Å²) in [6.45, 7) is 2.28. The second-order valence-corrected chi connectivity index (χ2v) is 3.56. The lowest BCUT2D eigenvalue weighted by atomic mass is 9.91. The second-order valence-electron chi connectivity index (χ2n) is 3.56. The van der Waals surface area contributed by atoms with Crippen molar-refractivity contribution in [1.29, 1.82) is 0 Å². The predicted octanol–water partition coefficient (Wildman–Crippen LogP) is 3.60. The highest BCUT2D eigenvalue weighted by Crippen LogP contribution is 2.38. The summed E-state index contributed by atoms with van der Waals surface area (Å²) >= 11 is 0. The SMILES string of the molecule is CCC1=CCCC2=C1CCC2. The summed E-state index contributed by atoms with van der Waals surface area (Å²) in [5.41, 5.74) is 5.17. The lowest BCUT2D eigenvalue weighted by Gasteiger charge is -2.14.